The molecule has 9 nitrogen and oxygen atoms in total. The fourth-order valence-corrected chi connectivity index (χ4v) is 4.65. The Hall–Kier alpha value is -3.40. The zero-order valence-electron chi connectivity index (χ0n) is 17.6. The van der Waals surface area contributed by atoms with E-state index in [0.717, 1.165) is 19.4 Å². The van der Waals surface area contributed by atoms with E-state index in [1.807, 2.05) is 18.4 Å². The van der Waals surface area contributed by atoms with E-state index >= 15 is 0 Å². The van der Waals surface area contributed by atoms with Crippen molar-refractivity contribution in [2.75, 3.05) is 29.1 Å². The van der Waals surface area contributed by atoms with Gasteiger partial charge in [0, 0.05) is 36.6 Å². The molecule has 0 spiro atoms. The summed E-state index contributed by atoms with van der Waals surface area (Å²) in [5, 5.41) is 9.92. The van der Waals surface area contributed by atoms with E-state index < -0.39 is 5.97 Å². The Morgan fingerprint density at radius 1 is 1.31 bits per heavy atom. The van der Waals surface area contributed by atoms with Crippen LogP contribution in [0.1, 0.15) is 39.4 Å². The molecule has 32 heavy (non-hydrogen) atoms. The monoisotopic (exact) mass is 451 g/mol. The molecule has 1 amide bonds. The van der Waals surface area contributed by atoms with Gasteiger partial charge in [-0.25, -0.2) is 19.7 Å². The second-order valence-electron chi connectivity index (χ2n) is 7.78. The molecule has 4 heterocycles. The smallest absolute Gasteiger partial charge is 0.358 e. The third-order valence-corrected chi connectivity index (χ3v) is 6.41. The first-order valence-corrected chi connectivity index (χ1v) is 11.5. The van der Waals surface area contributed by atoms with E-state index in [2.05, 4.69) is 19.9 Å². The van der Waals surface area contributed by atoms with Crippen LogP contribution < -0.4 is 9.80 Å². The maximum Gasteiger partial charge on any atom is 0.358 e. The number of thioether (sulfide) groups is 1. The van der Waals surface area contributed by atoms with Crippen LogP contribution in [0.5, 0.6) is 0 Å². The Morgan fingerprint density at radius 3 is 2.91 bits per heavy atom. The molecule has 1 saturated heterocycles. The van der Waals surface area contributed by atoms with Gasteiger partial charge in [-0.1, -0.05) is 17.8 Å². The average molecular weight is 452 g/mol. The predicted molar refractivity (Wildman–Crippen MR) is 119 cm³/mol. The Bertz CT molecular complexity index is 1230. The van der Waals surface area contributed by atoms with Gasteiger partial charge in [-0.15, -0.1) is 0 Å². The highest BCUT2D eigenvalue weighted by Gasteiger charge is 2.37. The minimum Gasteiger partial charge on any atom is -0.476 e. The summed E-state index contributed by atoms with van der Waals surface area (Å²) < 4.78 is 5.58. The molecule has 3 aromatic rings. The van der Waals surface area contributed by atoms with Gasteiger partial charge in [0.1, 0.15) is 17.1 Å². The van der Waals surface area contributed by atoms with Crippen molar-refractivity contribution in [2.45, 2.75) is 31.0 Å². The highest BCUT2D eigenvalue weighted by Crippen LogP contribution is 2.35. The highest BCUT2D eigenvalue weighted by molar-refractivity contribution is 7.98. The van der Waals surface area contributed by atoms with Crippen molar-refractivity contribution in [3.63, 3.8) is 0 Å². The number of hydrogen-bond donors (Lipinski definition) is 1. The minimum absolute atomic E-state index is 0.117. The van der Waals surface area contributed by atoms with Crippen molar-refractivity contribution in [1.29, 1.82) is 0 Å². The number of carboxylic acid groups (broad SMARTS) is 1. The lowest BCUT2D eigenvalue weighted by Crippen LogP contribution is -2.39. The fourth-order valence-electron chi connectivity index (χ4n) is 4.32. The van der Waals surface area contributed by atoms with E-state index in [0.29, 0.717) is 34.3 Å². The summed E-state index contributed by atoms with van der Waals surface area (Å²) in [5.74, 6) is -0.154. The summed E-state index contributed by atoms with van der Waals surface area (Å²) in [6.07, 6.45) is 5.55. The number of aryl methyl sites for hydroxylation is 1. The lowest BCUT2D eigenvalue weighted by molar-refractivity contribution is 0.0689. The Morgan fingerprint density at radius 2 is 2.16 bits per heavy atom. The molecule has 1 atom stereocenters. The molecule has 1 N–H and O–H groups in total. The van der Waals surface area contributed by atoms with Gasteiger partial charge in [0.2, 0.25) is 5.89 Å². The predicted octanol–water partition coefficient (Wildman–Crippen LogP) is 3.49. The molecule has 2 aromatic heterocycles. The molecule has 2 aliphatic heterocycles. The molecule has 0 saturated carbocycles. The maximum atomic E-state index is 13.6. The standard InChI is InChI=1S/C22H21N5O4S/c1-12-17(21(29)30)24-19(31-12)13-5-3-6-14(9-13)27-11-15-7-4-8-26(15)18-16(20(27)28)10-23-22(25-18)32-2/h3,5-6,9-10,15H,4,7-8,11H2,1-2H3,(H,29,30). The Balaban J connectivity index is 1.56. The average Bonchev–Trinajstić information content (AvgIpc) is 3.40. The van der Waals surface area contributed by atoms with E-state index in [1.54, 1.807) is 30.2 Å². The first kappa shape index (κ1) is 20.5. The number of nitrogens with zero attached hydrogens (tertiary/aromatic N) is 5. The number of carbonyl (C=O) groups excluding carboxylic acids is 1. The van der Waals surface area contributed by atoms with Gasteiger partial charge >= 0.3 is 5.97 Å². The van der Waals surface area contributed by atoms with E-state index in [-0.39, 0.29) is 29.3 Å². The van der Waals surface area contributed by atoms with E-state index in [1.165, 1.54) is 11.8 Å². The highest BCUT2D eigenvalue weighted by atomic mass is 32.2. The van der Waals surface area contributed by atoms with Crippen LogP contribution in [0.15, 0.2) is 40.0 Å². The number of hydrogen-bond acceptors (Lipinski definition) is 8. The van der Waals surface area contributed by atoms with Crippen molar-refractivity contribution in [1.82, 2.24) is 15.0 Å². The normalized spacial score (nSPS) is 17.8. The molecule has 1 aromatic carbocycles. The minimum atomic E-state index is -1.14. The number of aromatic nitrogens is 3. The van der Waals surface area contributed by atoms with E-state index in [4.69, 9.17) is 4.42 Å². The summed E-state index contributed by atoms with van der Waals surface area (Å²) in [4.78, 5) is 42.0. The van der Waals surface area contributed by atoms with Crippen LogP contribution in [0.4, 0.5) is 11.5 Å². The molecule has 1 fully saturated rings. The number of fused-ring (bicyclic) bond motifs is 3. The third kappa shape index (κ3) is 3.40. The van der Waals surface area contributed by atoms with Crippen LogP contribution in [-0.2, 0) is 0 Å². The number of aromatic carboxylic acids is 1. The first-order valence-electron chi connectivity index (χ1n) is 10.3. The number of carbonyl (C=O) groups is 2. The molecule has 10 heteroatoms. The van der Waals surface area contributed by atoms with Crippen molar-refractivity contribution >= 4 is 35.1 Å². The van der Waals surface area contributed by atoms with Gasteiger partial charge in [0.25, 0.3) is 5.91 Å². The molecule has 0 radical (unpaired) electrons. The van der Waals surface area contributed by atoms with Crippen LogP contribution in [0, 0.1) is 6.92 Å². The van der Waals surface area contributed by atoms with Crippen molar-refractivity contribution in [3.05, 3.63) is 47.5 Å². The summed E-state index contributed by atoms with van der Waals surface area (Å²) >= 11 is 1.45. The van der Waals surface area contributed by atoms with Crippen molar-refractivity contribution in [2.24, 2.45) is 0 Å². The zero-order chi connectivity index (χ0) is 22.4. The summed E-state index contributed by atoms with van der Waals surface area (Å²) in [6, 6.07) is 7.42. The molecule has 164 valence electrons. The first-order chi connectivity index (χ1) is 15.5. The summed E-state index contributed by atoms with van der Waals surface area (Å²) in [5.41, 5.74) is 1.66. The van der Waals surface area contributed by atoms with Crippen LogP contribution >= 0.6 is 11.8 Å². The van der Waals surface area contributed by atoms with Crippen LogP contribution in [0.2, 0.25) is 0 Å². The summed E-state index contributed by atoms with van der Waals surface area (Å²) in [6.45, 7) is 2.95. The molecule has 1 unspecified atom stereocenters. The largest absolute Gasteiger partial charge is 0.476 e. The number of benzene rings is 1. The zero-order valence-corrected chi connectivity index (χ0v) is 18.4. The number of carboxylic acids is 1. The van der Waals surface area contributed by atoms with Gasteiger partial charge in [-0.2, -0.15) is 0 Å². The molecular weight excluding hydrogens is 430 g/mol. The number of rotatable bonds is 4. The van der Waals surface area contributed by atoms with Gasteiger partial charge in [-0.3, -0.25) is 4.79 Å². The van der Waals surface area contributed by atoms with Crippen LogP contribution in [-0.4, -0.2) is 57.3 Å². The topological polar surface area (TPSA) is 113 Å². The third-order valence-electron chi connectivity index (χ3n) is 5.85. The maximum absolute atomic E-state index is 13.6. The SMILES string of the molecule is CSc1ncc2c(n1)N1CCCC1CN(c1cccc(-c3nc(C(=O)O)c(C)o3)c1)C2=O. The van der Waals surface area contributed by atoms with Crippen molar-refractivity contribution < 1.29 is 19.1 Å². The molecule has 0 aliphatic carbocycles. The quantitative estimate of drug-likeness (QED) is 0.470. The van der Waals surface area contributed by atoms with Crippen LogP contribution in [0.3, 0.4) is 0 Å². The fraction of sp³-hybridized carbons (Fsp3) is 0.318. The molecule has 0 bridgehead atoms. The summed E-state index contributed by atoms with van der Waals surface area (Å²) in [7, 11) is 0. The number of oxazole rings is 1. The number of amides is 1. The van der Waals surface area contributed by atoms with E-state index in [9.17, 15) is 14.7 Å². The van der Waals surface area contributed by atoms with Gasteiger partial charge < -0.3 is 19.3 Å². The van der Waals surface area contributed by atoms with Gasteiger partial charge in [0.05, 0.1) is 0 Å². The van der Waals surface area contributed by atoms with Crippen LogP contribution in [0.25, 0.3) is 11.5 Å². The molecule has 5 rings (SSSR count). The second-order valence-corrected chi connectivity index (χ2v) is 8.55. The number of anilines is 2. The molecular formula is C22H21N5O4S. The van der Waals surface area contributed by atoms with Gasteiger partial charge in [0.15, 0.2) is 10.9 Å². The van der Waals surface area contributed by atoms with Crippen molar-refractivity contribution in [3.8, 4) is 11.5 Å². The lowest BCUT2D eigenvalue weighted by atomic mass is 10.1. The lowest BCUT2D eigenvalue weighted by Gasteiger charge is -2.27. The van der Waals surface area contributed by atoms with Gasteiger partial charge in [-0.05, 0) is 44.2 Å². The second kappa shape index (κ2) is 7.94. The Kier molecular flexibility index (Phi) is 5.09. The Labute approximate surface area is 188 Å². The molecule has 2 aliphatic rings.